The van der Waals surface area contributed by atoms with E-state index >= 15 is 0 Å². The SMILES string of the molecule is COc1cc(CCC2CCN(CC(=O)Nc3nccs3)CC2)cc(OC)c1. The molecule has 0 spiro atoms. The lowest BCUT2D eigenvalue weighted by atomic mass is 9.90. The molecule has 7 heteroatoms. The average molecular weight is 390 g/mol. The van der Waals surface area contributed by atoms with E-state index in [1.54, 1.807) is 20.4 Å². The molecule has 1 aromatic carbocycles. The maximum Gasteiger partial charge on any atom is 0.240 e. The number of likely N-dealkylation sites (tertiary alicyclic amines) is 1. The largest absolute Gasteiger partial charge is 0.497 e. The third-order valence-corrected chi connectivity index (χ3v) is 5.69. The molecule has 1 aromatic heterocycles. The lowest BCUT2D eigenvalue weighted by Crippen LogP contribution is -2.39. The first-order valence-corrected chi connectivity index (χ1v) is 10.2. The fourth-order valence-corrected chi connectivity index (χ4v) is 4.01. The number of hydrogen-bond donors (Lipinski definition) is 1. The molecule has 6 nitrogen and oxygen atoms in total. The highest BCUT2D eigenvalue weighted by Gasteiger charge is 2.21. The zero-order valence-corrected chi connectivity index (χ0v) is 16.8. The van der Waals surface area contributed by atoms with Crippen LogP contribution < -0.4 is 14.8 Å². The lowest BCUT2D eigenvalue weighted by Gasteiger charge is -2.31. The number of nitrogens with zero attached hydrogens (tertiary/aromatic N) is 2. The van der Waals surface area contributed by atoms with Gasteiger partial charge < -0.3 is 14.8 Å². The number of hydrogen-bond acceptors (Lipinski definition) is 6. The molecule has 0 atom stereocenters. The van der Waals surface area contributed by atoms with Gasteiger partial charge in [-0.1, -0.05) is 0 Å². The van der Waals surface area contributed by atoms with Crippen molar-refractivity contribution in [2.24, 2.45) is 5.92 Å². The molecule has 0 bridgehead atoms. The number of amides is 1. The summed E-state index contributed by atoms with van der Waals surface area (Å²) in [6.45, 7) is 2.38. The number of carbonyl (C=O) groups is 1. The predicted octanol–water partition coefficient (Wildman–Crippen LogP) is 3.44. The van der Waals surface area contributed by atoms with Crippen LogP contribution in [0.3, 0.4) is 0 Å². The highest BCUT2D eigenvalue weighted by atomic mass is 32.1. The second-order valence-electron chi connectivity index (χ2n) is 6.86. The normalized spacial score (nSPS) is 15.5. The number of nitrogens with one attached hydrogen (secondary N) is 1. The van der Waals surface area contributed by atoms with Gasteiger partial charge in [0.05, 0.1) is 20.8 Å². The topological polar surface area (TPSA) is 63.7 Å². The molecule has 3 rings (SSSR count). The molecule has 146 valence electrons. The van der Waals surface area contributed by atoms with Gasteiger partial charge in [-0.25, -0.2) is 4.98 Å². The fraction of sp³-hybridized carbons (Fsp3) is 0.500. The summed E-state index contributed by atoms with van der Waals surface area (Å²) in [5.41, 5.74) is 1.25. The second kappa shape index (κ2) is 9.71. The summed E-state index contributed by atoms with van der Waals surface area (Å²) >= 11 is 1.44. The van der Waals surface area contributed by atoms with Gasteiger partial charge >= 0.3 is 0 Å². The fourth-order valence-electron chi connectivity index (χ4n) is 3.46. The third-order valence-electron chi connectivity index (χ3n) is 5.01. The Morgan fingerprint density at radius 2 is 1.93 bits per heavy atom. The number of methoxy groups -OCH3 is 2. The number of rotatable bonds is 8. The van der Waals surface area contributed by atoms with Gasteiger partial charge in [-0.15, -0.1) is 11.3 Å². The van der Waals surface area contributed by atoms with E-state index in [1.807, 2.05) is 11.4 Å². The van der Waals surface area contributed by atoms with Crippen molar-refractivity contribution < 1.29 is 14.3 Å². The summed E-state index contributed by atoms with van der Waals surface area (Å²) in [6, 6.07) is 6.07. The predicted molar refractivity (Wildman–Crippen MR) is 108 cm³/mol. The van der Waals surface area contributed by atoms with Crippen molar-refractivity contribution in [1.82, 2.24) is 9.88 Å². The van der Waals surface area contributed by atoms with E-state index in [-0.39, 0.29) is 5.91 Å². The number of ether oxygens (including phenoxy) is 2. The Labute approximate surface area is 164 Å². The molecule has 1 amide bonds. The van der Waals surface area contributed by atoms with Gasteiger partial charge in [-0.3, -0.25) is 9.69 Å². The molecule has 2 aromatic rings. The van der Waals surface area contributed by atoms with Crippen LogP contribution in [0.15, 0.2) is 29.8 Å². The van der Waals surface area contributed by atoms with E-state index in [1.165, 1.54) is 16.9 Å². The molecular weight excluding hydrogens is 362 g/mol. The maximum atomic E-state index is 12.1. The molecule has 1 aliphatic heterocycles. The molecule has 0 aliphatic carbocycles. The number of thiazole rings is 1. The number of aromatic nitrogens is 1. The second-order valence-corrected chi connectivity index (χ2v) is 7.76. The summed E-state index contributed by atoms with van der Waals surface area (Å²) in [5.74, 6) is 2.39. The van der Waals surface area contributed by atoms with Gasteiger partial charge in [0.25, 0.3) is 0 Å². The first-order chi connectivity index (χ1) is 13.2. The quantitative estimate of drug-likeness (QED) is 0.749. The molecular formula is C20H27N3O3S. The summed E-state index contributed by atoms with van der Waals surface area (Å²) in [5, 5.41) is 5.38. The lowest BCUT2D eigenvalue weighted by molar-refractivity contribution is -0.117. The van der Waals surface area contributed by atoms with Gasteiger partial charge in [-0.05, 0) is 62.4 Å². The summed E-state index contributed by atoms with van der Waals surface area (Å²) in [4.78, 5) is 18.4. The zero-order valence-electron chi connectivity index (χ0n) is 15.9. The molecule has 1 fully saturated rings. The Hall–Kier alpha value is -2.12. The van der Waals surface area contributed by atoms with Crippen LogP contribution in [0, 0.1) is 5.92 Å². The first-order valence-electron chi connectivity index (χ1n) is 9.30. The third kappa shape index (κ3) is 5.94. The van der Waals surface area contributed by atoms with Gasteiger partial charge in [0.2, 0.25) is 5.91 Å². The number of carbonyl (C=O) groups excluding carboxylic acids is 1. The smallest absolute Gasteiger partial charge is 0.240 e. The number of anilines is 1. The Balaban J connectivity index is 1.41. The van der Waals surface area contributed by atoms with E-state index in [9.17, 15) is 4.79 Å². The standard InChI is InChI=1S/C20H27N3O3S/c1-25-17-11-16(12-18(13-17)26-2)4-3-15-5-8-23(9-6-15)14-19(24)22-20-21-7-10-27-20/h7,10-13,15H,3-6,8-9,14H2,1-2H3,(H,21,22,24). The first kappa shape index (κ1) is 19.6. The van der Waals surface area contributed by atoms with E-state index < -0.39 is 0 Å². The van der Waals surface area contributed by atoms with Crippen LogP contribution in [0.5, 0.6) is 11.5 Å². The molecule has 1 saturated heterocycles. The Kier molecular flexibility index (Phi) is 7.06. The van der Waals surface area contributed by atoms with Crippen molar-refractivity contribution >= 4 is 22.4 Å². The molecule has 27 heavy (non-hydrogen) atoms. The molecule has 1 aliphatic rings. The van der Waals surface area contributed by atoms with Crippen molar-refractivity contribution in [1.29, 1.82) is 0 Å². The number of aryl methyl sites for hydroxylation is 1. The van der Waals surface area contributed by atoms with Crippen molar-refractivity contribution in [3.05, 3.63) is 35.3 Å². The Bertz CT molecular complexity index is 706. The van der Waals surface area contributed by atoms with E-state index in [0.29, 0.717) is 17.6 Å². The minimum absolute atomic E-state index is 0.0203. The number of benzene rings is 1. The molecule has 1 N–H and O–H groups in total. The Morgan fingerprint density at radius 1 is 1.22 bits per heavy atom. The van der Waals surface area contributed by atoms with Crippen molar-refractivity contribution in [3.63, 3.8) is 0 Å². The van der Waals surface area contributed by atoms with Crippen LogP contribution >= 0.6 is 11.3 Å². The van der Waals surface area contributed by atoms with Crippen molar-refractivity contribution in [3.8, 4) is 11.5 Å². The average Bonchev–Trinajstić information content (AvgIpc) is 3.20. The van der Waals surface area contributed by atoms with Gasteiger partial charge in [0.1, 0.15) is 11.5 Å². The maximum absolute atomic E-state index is 12.1. The minimum atomic E-state index is 0.0203. The van der Waals surface area contributed by atoms with Crippen molar-refractivity contribution in [2.75, 3.05) is 39.2 Å². The minimum Gasteiger partial charge on any atom is -0.497 e. The van der Waals surface area contributed by atoms with Crippen LogP contribution in [0.2, 0.25) is 0 Å². The van der Waals surface area contributed by atoms with E-state index in [4.69, 9.17) is 9.47 Å². The molecule has 0 radical (unpaired) electrons. The highest BCUT2D eigenvalue weighted by Crippen LogP contribution is 2.27. The molecule has 0 saturated carbocycles. The zero-order chi connectivity index (χ0) is 19.1. The highest BCUT2D eigenvalue weighted by molar-refractivity contribution is 7.13. The number of piperidine rings is 1. The molecule has 0 unspecified atom stereocenters. The summed E-state index contributed by atoms with van der Waals surface area (Å²) in [6.07, 6.45) is 6.12. The monoisotopic (exact) mass is 389 g/mol. The van der Waals surface area contributed by atoms with Crippen LogP contribution in [0.1, 0.15) is 24.8 Å². The van der Waals surface area contributed by atoms with Gasteiger partial charge in [0, 0.05) is 17.6 Å². The molecule has 2 heterocycles. The van der Waals surface area contributed by atoms with Gasteiger partial charge in [-0.2, -0.15) is 0 Å². The van der Waals surface area contributed by atoms with Crippen molar-refractivity contribution in [2.45, 2.75) is 25.7 Å². The van der Waals surface area contributed by atoms with Crippen LogP contribution in [0.25, 0.3) is 0 Å². The summed E-state index contributed by atoms with van der Waals surface area (Å²) < 4.78 is 10.7. The Morgan fingerprint density at radius 3 is 2.52 bits per heavy atom. The van der Waals surface area contributed by atoms with Crippen LogP contribution in [-0.4, -0.2) is 49.6 Å². The van der Waals surface area contributed by atoms with E-state index in [2.05, 4.69) is 27.3 Å². The van der Waals surface area contributed by atoms with Crippen LogP contribution in [-0.2, 0) is 11.2 Å². The van der Waals surface area contributed by atoms with E-state index in [0.717, 1.165) is 50.3 Å². The summed E-state index contributed by atoms with van der Waals surface area (Å²) in [7, 11) is 3.36. The van der Waals surface area contributed by atoms with Gasteiger partial charge in [0.15, 0.2) is 5.13 Å². The van der Waals surface area contributed by atoms with Crippen LogP contribution in [0.4, 0.5) is 5.13 Å².